The predicted octanol–water partition coefficient (Wildman–Crippen LogP) is 0.945. The van der Waals surface area contributed by atoms with Gasteiger partial charge in [0, 0.05) is 6.54 Å². The average Bonchev–Trinajstić information content (AvgIpc) is 2.46. The number of anilines is 1. The molecule has 1 unspecified atom stereocenters. The van der Waals surface area contributed by atoms with Crippen LogP contribution >= 0.6 is 0 Å². The Kier molecular flexibility index (Phi) is 4.49. The van der Waals surface area contributed by atoms with Crippen molar-refractivity contribution in [3.8, 4) is 0 Å². The minimum atomic E-state index is -0.733. The van der Waals surface area contributed by atoms with E-state index in [2.05, 4.69) is 14.7 Å². The Balaban J connectivity index is 2.25. The van der Waals surface area contributed by atoms with Gasteiger partial charge in [0.2, 0.25) is 0 Å². The van der Waals surface area contributed by atoms with Crippen LogP contribution in [0, 0.1) is 5.82 Å². The second kappa shape index (κ2) is 6.13. The van der Waals surface area contributed by atoms with Crippen LogP contribution in [0.4, 0.5) is 10.2 Å². The van der Waals surface area contributed by atoms with Gasteiger partial charge in [-0.15, -0.1) is 0 Å². The van der Waals surface area contributed by atoms with Crippen molar-refractivity contribution in [2.45, 2.75) is 32.5 Å². The van der Waals surface area contributed by atoms with Gasteiger partial charge in [0.1, 0.15) is 6.33 Å². The molecule has 1 aromatic rings. The summed E-state index contributed by atoms with van der Waals surface area (Å²) in [6.07, 6.45) is 0.877. The van der Waals surface area contributed by atoms with Crippen molar-refractivity contribution in [3.63, 3.8) is 0 Å². The largest absolute Gasteiger partial charge is 0.467 e. The average molecular weight is 283 g/mol. The first kappa shape index (κ1) is 14.6. The molecule has 7 heteroatoms. The SMILES string of the molecule is CCc1ncnc(N2CC(C(=O)OC)O[C@H](C)C2)c1F. The van der Waals surface area contributed by atoms with Crippen LogP contribution in [0.3, 0.4) is 0 Å². The molecule has 0 radical (unpaired) electrons. The summed E-state index contributed by atoms with van der Waals surface area (Å²) in [6, 6.07) is 0. The van der Waals surface area contributed by atoms with Crippen LogP contribution in [0.15, 0.2) is 6.33 Å². The van der Waals surface area contributed by atoms with E-state index in [0.717, 1.165) is 0 Å². The van der Waals surface area contributed by atoms with Crippen LogP contribution in [-0.4, -0.2) is 48.3 Å². The number of hydrogen-bond donors (Lipinski definition) is 0. The molecule has 0 aromatic carbocycles. The number of rotatable bonds is 3. The van der Waals surface area contributed by atoms with E-state index < -0.39 is 17.9 Å². The molecule has 20 heavy (non-hydrogen) atoms. The Labute approximate surface area is 116 Å². The normalized spacial score (nSPS) is 22.7. The number of methoxy groups -OCH3 is 1. The molecular formula is C13H18FN3O3. The highest BCUT2D eigenvalue weighted by molar-refractivity contribution is 5.75. The van der Waals surface area contributed by atoms with Crippen molar-refractivity contribution < 1.29 is 18.7 Å². The van der Waals surface area contributed by atoms with Crippen molar-refractivity contribution in [1.82, 2.24) is 9.97 Å². The van der Waals surface area contributed by atoms with Gasteiger partial charge < -0.3 is 14.4 Å². The first-order valence-corrected chi connectivity index (χ1v) is 6.54. The molecule has 2 atom stereocenters. The zero-order valence-corrected chi connectivity index (χ0v) is 11.8. The smallest absolute Gasteiger partial charge is 0.336 e. The van der Waals surface area contributed by atoms with Gasteiger partial charge in [-0.2, -0.15) is 0 Å². The molecule has 0 saturated carbocycles. The Bertz CT molecular complexity index is 498. The van der Waals surface area contributed by atoms with Crippen molar-refractivity contribution >= 4 is 11.8 Å². The molecule has 1 saturated heterocycles. The summed E-state index contributed by atoms with van der Waals surface area (Å²) in [4.78, 5) is 21.2. The maximum absolute atomic E-state index is 14.3. The number of aromatic nitrogens is 2. The Morgan fingerprint density at radius 2 is 2.30 bits per heavy atom. The minimum Gasteiger partial charge on any atom is -0.467 e. The predicted molar refractivity (Wildman–Crippen MR) is 69.9 cm³/mol. The van der Waals surface area contributed by atoms with Crippen LogP contribution in [0.5, 0.6) is 0 Å². The summed E-state index contributed by atoms with van der Waals surface area (Å²) in [5, 5.41) is 0. The highest BCUT2D eigenvalue weighted by Crippen LogP contribution is 2.23. The number of esters is 1. The van der Waals surface area contributed by atoms with Gasteiger partial charge in [-0.1, -0.05) is 6.92 Å². The van der Waals surface area contributed by atoms with Crippen molar-refractivity contribution in [2.75, 3.05) is 25.1 Å². The number of halogens is 1. The molecule has 1 aromatic heterocycles. The third-order valence-electron chi connectivity index (χ3n) is 3.20. The number of carbonyl (C=O) groups is 1. The van der Waals surface area contributed by atoms with Crippen LogP contribution < -0.4 is 4.90 Å². The zero-order valence-electron chi connectivity index (χ0n) is 11.8. The Morgan fingerprint density at radius 1 is 1.55 bits per heavy atom. The van der Waals surface area contributed by atoms with E-state index in [-0.39, 0.29) is 18.5 Å². The number of nitrogens with zero attached hydrogens (tertiary/aromatic N) is 3. The van der Waals surface area contributed by atoms with E-state index in [0.29, 0.717) is 18.7 Å². The maximum atomic E-state index is 14.3. The minimum absolute atomic E-state index is 0.209. The van der Waals surface area contributed by atoms with Gasteiger partial charge in [-0.3, -0.25) is 0 Å². The summed E-state index contributed by atoms with van der Waals surface area (Å²) in [7, 11) is 1.30. The first-order valence-electron chi connectivity index (χ1n) is 6.54. The second-order valence-corrected chi connectivity index (χ2v) is 4.67. The number of hydrogen-bond acceptors (Lipinski definition) is 6. The number of aryl methyl sites for hydroxylation is 1. The van der Waals surface area contributed by atoms with Crippen molar-refractivity contribution in [3.05, 3.63) is 17.8 Å². The zero-order chi connectivity index (χ0) is 14.7. The highest BCUT2D eigenvalue weighted by Gasteiger charge is 2.33. The molecule has 1 aliphatic heterocycles. The number of morpholine rings is 1. The van der Waals surface area contributed by atoms with Gasteiger partial charge in [-0.05, 0) is 13.3 Å². The van der Waals surface area contributed by atoms with E-state index >= 15 is 0 Å². The molecule has 0 aliphatic carbocycles. The summed E-state index contributed by atoms with van der Waals surface area (Å²) >= 11 is 0. The topological polar surface area (TPSA) is 64.6 Å². The molecular weight excluding hydrogens is 265 g/mol. The van der Waals surface area contributed by atoms with Gasteiger partial charge in [0.15, 0.2) is 17.7 Å². The summed E-state index contributed by atoms with van der Waals surface area (Å²) in [5.74, 6) is -0.694. The lowest BCUT2D eigenvalue weighted by atomic mass is 10.2. The van der Waals surface area contributed by atoms with Crippen LogP contribution in [0.1, 0.15) is 19.5 Å². The van der Waals surface area contributed by atoms with E-state index in [9.17, 15) is 9.18 Å². The molecule has 1 aliphatic rings. The van der Waals surface area contributed by atoms with E-state index in [4.69, 9.17) is 4.74 Å². The first-order chi connectivity index (χ1) is 9.56. The summed E-state index contributed by atoms with van der Waals surface area (Å²) < 4.78 is 24.5. The molecule has 1 fully saturated rings. The molecule has 110 valence electrons. The molecule has 0 N–H and O–H groups in total. The van der Waals surface area contributed by atoms with E-state index in [1.54, 1.807) is 4.90 Å². The van der Waals surface area contributed by atoms with E-state index in [1.807, 2.05) is 13.8 Å². The summed E-state index contributed by atoms with van der Waals surface area (Å²) in [5.41, 5.74) is 0.365. The van der Waals surface area contributed by atoms with E-state index in [1.165, 1.54) is 13.4 Å². The number of ether oxygens (including phenoxy) is 2. The molecule has 2 rings (SSSR count). The van der Waals surface area contributed by atoms with Crippen molar-refractivity contribution in [1.29, 1.82) is 0 Å². The molecule has 0 amide bonds. The lowest BCUT2D eigenvalue weighted by Crippen LogP contribution is -2.50. The van der Waals surface area contributed by atoms with Gasteiger partial charge >= 0.3 is 5.97 Å². The molecule has 0 spiro atoms. The lowest BCUT2D eigenvalue weighted by Gasteiger charge is -2.36. The Morgan fingerprint density at radius 3 is 2.95 bits per heavy atom. The Hall–Kier alpha value is -1.76. The lowest BCUT2D eigenvalue weighted by molar-refractivity contribution is -0.158. The standard InChI is InChI=1S/C13H18FN3O3/c1-4-9-11(14)12(16-7-15-9)17-5-8(2)20-10(6-17)13(18)19-3/h7-8,10H,4-6H2,1-3H3/t8-,10?/m1/s1. The fraction of sp³-hybridized carbons (Fsp3) is 0.615. The fourth-order valence-corrected chi connectivity index (χ4v) is 2.25. The fourth-order valence-electron chi connectivity index (χ4n) is 2.25. The van der Waals surface area contributed by atoms with Crippen LogP contribution in [0.25, 0.3) is 0 Å². The molecule has 2 heterocycles. The number of carbonyl (C=O) groups excluding carboxylic acids is 1. The van der Waals surface area contributed by atoms with Crippen LogP contribution in [-0.2, 0) is 20.7 Å². The second-order valence-electron chi connectivity index (χ2n) is 4.67. The highest BCUT2D eigenvalue weighted by atomic mass is 19.1. The molecule has 0 bridgehead atoms. The third kappa shape index (κ3) is 2.87. The molecule has 6 nitrogen and oxygen atoms in total. The quantitative estimate of drug-likeness (QED) is 0.769. The van der Waals surface area contributed by atoms with Gasteiger partial charge in [0.25, 0.3) is 0 Å². The third-order valence-corrected chi connectivity index (χ3v) is 3.20. The van der Waals surface area contributed by atoms with Gasteiger partial charge in [0.05, 0.1) is 25.5 Å². The summed E-state index contributed by atoms with van der Waals surface area (Å²) in [6.45, 7) is 4.33. The van der Waals surface area contributed by atoms with Crippen molar-refractivity contribution in [2.24, 2.45) is 0 Å². The van der Waals surface area contributed by atoms with Crippen LogP contribution in [0.2, 0.25) is 0 Å². The van der Waals surface area contributed by atoms with Gasteiger partial charge in [-0.25, -0.2) is 19.2 Å². The maximum Gasteiger partial charge on any atom is 0.336 e. The monoisotopic (exact) mass is 283 g/mol.